The van der Waals surface area contributed by atoms with Crippen molar-refractivity contribution in [3.63, 3.8) is 0 Å². The van der Waals surface area contributed by atoms with Crippen molar-refractivity contribution >= 4 is 17.6 Å². The Labute approximate surface area is 127 Å². The number of carboxylic acid groups (broad SMARTS) is 1. The highest BCUT2D eigenvalue weighted by Crippen LogP contribution is 2.15. The van der Waals surface area contributed by atoms with Crippen LogP contribution in [0.3, 0.4) is 0 Å². The zero-order valence-electron chi connectivity index (χ0n) is 12.3. The van der Waals surface area contributed by atoms with Gasteiger partial charge in [-0.1, -0.05) is 17.7 Å². The summed E-state index contributed by atoms with van der Waals surface area (Å²) in [4.78, 5) is 34.6. The number of hydrogen-bond acceptors (Lipinski definition) is 3. The molecule has 22 heavy (non-hydrogen) atoms. The molecule has 114 valence electrons. The summed E-state index contributed by atoms with van der Waals surface area (Å²) in [6.45, 7) is 3.59. The van der Waals surface area contributed by atoms with E-state index in [0.29, 0.717) is 5.69 Å². The number of carbonyl (C=O) groups excluding carboxylic acids is 1. The molecule has 0 saturated carbocycles. The Morgan fingerprint density at radius 1 is 1.18 bits per heavy atom. The average Bonchev–Trinajstić information content (AvgIpc) is 2.44. The molecule has 0 bridgehead atoms. The third-order valence-electron chi connectivity index (χ3n) is 3.20. The van der Waals surface area contributed by atoms with Crippen LogP contribution in [-0.2, 0) is 11.3 Å². The molecule has 1 aromatic heterocycles. The Kier molecular flexibility index (Phi) is 4.41. The number of amides is 1. The molecular formula is C16H16N2O4. The van der Waals surface area contributed by atoms with Gasteiger partial charge in [-0.25, -0.2) is 4.79 Å². The highest BCUT2D eigenvalue weighted by atomic mass is 16.4. The minimum Gasteiger partial charge on any atom is -0.478 e. The van der Waals surface area contributed by atoms with E-state index in [-0.39, 0.29) is 12.1 Å². The van der Waals surface area contributed by atoms with Crippen molar-refractivity contribution in [1.82, 2.24) is 4.57 Å². The lowest BCUT2D eigenvalue weighted by Crippen LogP contribution is -2.27. The fraction of sp³-hybridized carbons (Fsp3) is 0.188. The Bertz CT molecular complexity index is 793. The van der Waals surface area contributed by atoms with Crippen LogP contribution in [0.4, 0.5) is 5.69 Å². The maximum Gasteiger partial charge on any atom is 0.337 e. The number of aromatic nitrogens is 1. The van der Waals surface area contributed by atoms with Gasteiger partial charge in [-0.2, -0.15) is 0 Å². The molecule has 2 aromatic rings. The summed E-state index contributed by atoms with van der Waals surface area (Å²) < 4.78 is 1.07. The minimum absolute atomic E-state index is 0.0427. The lowest BCUT2D eigenvalue weighted by molar-refractivity contribution is -0.116. The zero-order chi connectivity index (χ0) is 16.3. The van der Waals surface area contributed by atoms with Gasteiger partial charge < -0.3 is 15.0 Å². The molecule has 6 nitrogen and oxygen atoms in total. The summed E-state index contributed by atoms with van der Waals surface area (Å²) in [5.41, 5.74) is 2.19. The first-order valence-corrected chi connectivity index (χ1v) is 6.67. The minimum atomic E-state index is -1.15. The van der Waals surface area contributed by atoms with Crippen molar-refractivity contribution in [2.75, 3.05) is 5.32 Å². The molecular weight excluding hydrogens is 284 g/mol. The number of aryl methyl sites for hydroxylation is 2. The van der Waals surface area contributed by atoms with Crippen LogP contribution in [0.2, 0.25) is 0 Å². The number of anilines is 1. The van der Waals surface area contributed by atoms with Crippen molar-refractivity contribution in [2.24, 2.45) is 0 Å². The monoisotopic (exact) mass is 300 g/mol. The van der Waals surface area contributed by atoms with E-state index in [0.717, 1.165) is 28.0 Å². The number of pyridine rings is 1. The first-order valence-electron chi connectivity index (χ1n) is 6.67. The van der Waals surface area contributed by atoms with Crippen molar-refractivity contribution in [3.05, 3.63) is 63.6 Å². The lowest BCUT2D eigenvalue weighted by atomic mass is 10.1. The third kappa shape index (κ3) is 3.60. The fourth-order valence-electron chi connectivity index (χ4n) is 2.08. The van der Waals surface area contributed by atoms with E-state index >= 15 is 0 Å². The molecule has 0 unspecified atom stereocenters. The number of nitrogens with zero attached hydrogens (tertiary/aromatic N) is 1. The van der Waals surface area contributed by atoms with Crippen LogP contribution in [0, 0.1) is 13.8 Å². The van der Waals surface area contributed by atoms with Gasteiger partial charge in [0.05, 0.1) is 5.56 Å². The Morgan fingerprint density at radius 2 is 1.91 bits per heavy atom. The maximum absolute atomic E-state index is 12.0. The molecule has 2 N–H and O–H groups in total. The molecule has 0 fully saturated rings. The van der Waals surface area contributed by atoms with Crippen molar-refractivity contribution in [3.8, 4) is 0 Å². The summed E-state index contributed by atoms with van der Waals surface area (Å²) in [6, 6.07) is 7.95. The molecule has 1 amide bonds. The quantitative estimate of drug-likeness (QED) is 0.901. The van der Waals surface area contributed by atoms with Gasteiger partial charge in [0.2, 0.25) is 5.91 Å². The van der Waals surface area contributed by atoms with Crippen LogP contribution in [-0.4, -0.2) is 21.6 Å². The summed E-state index contributed by atoms with van der Waals surface area (Å²) in [5.74, 6) is -1.54. The molecule has 0 aliphatic carbocycles. The topological polar surface area (TPSA) is 88.4 Å². The van der Waals surface area contributed by atoms with Gasteiger partial charge in [0, 0.05) is 18.0 Å². The van der Waals surface area contributed by atoms with E-state index < -0.39 is 17.4 Å². The van der Waals surface area contributed by atoms with E-state index in [9.17, 15) is 14.4 Å². The number of hydrogen-bond donors (Lipinski definition) is 2. The number of aromatic carboxylic acids is 1. The van der Waals surface area contributed by atoms with Gasteiger partial charge in [-0.05, 0) is 31.5 Å². The van der Waals surface area contributed by atoms with Crippen LogP contribution in [0.25, 0.3) is 0 Å². The Balaban J connectivity index is 2.17. The summed E-state index contributed by atoms with van der Waals surface area (Å²) in [5, 5.41) is 11.6. The second-order valence-corrected chi connectivity index (χ2v) is 5.06. The summed E-state index contributed by atoms with van der Waals surface area (Å²) in [6.07, 6.45) is 1.16. The standard InChI is InChI=1S/C16H16N2O4/c1-10-3-5-13(11(2)7-10)17-14(19)9-18-8-12(16(21)22)4-6-15(18)20/h3-8H,9H2,1-2H3,(H,17,19)(H,21,22). The highest BCUT2D eigenvalue weighted by molar-refractivity contribution is 5.91. The second-order valence-electron chi connectivity index (χ2n) is 5.06. The predicted molar refractivity (Wildman–Crippen MR) is 82.2 cm³/mol. The van der Waals surface area contributed by atoms with Gasteiger partial charge in [-0.15, -0.1) is 0 Å². The van der Waals surface area contributed by atoms with Gasteiger partial charge in [-0.3, -0.25) is 9.59 Å². The van der Waals surface area contributed by atoms with Crippen LogP contribution in [0.5, 0.6) is 0 Å². The smallest absolute Gasteiger partial charge is 0.337 e. The molecule has 6 heteroatoms. The Hall–Kier alpha value is -2.89. The molecule has 0 aliphatic heterocycles. The molecule has 2 rings (SSSR count). The molecule has 0 spiro atoms. The number of carboxylic acids is 1. The first kappa shape index (κ1) is 15.5. The van der Waals surface area contributed by atoms with Crippen molar-refractivity contribution in [1.29, 1.82) is 0 Å². The van der Waals surface area contributed by atoms with Gasteiger partial charge in [0.15, 0.2) is 0 Å². The highest BCUT2D eigenvalue weighted by Gasteiger charge is 2.10. The Morgan fingerprint density at radius 3 is 2.55 bits per heavy atom. The molecule has 0 saturated heterocycles. The van der Waals surface area contributed by atoms with Gasteiger partial charge >= 0.3 is 5.97 Å². The van der Waals surface area contributed by atoms with Gasteiger partial charge in [0.1, 0.15) is 6.54 Å². The summed E-state index contributed by atoms with van der Waals surface area (Å²) >= 11 is 0. The van der Waals surface area contributed by atoms with Crippen molar-refractivity contribution in [2.45, 2.75) is 20.4 Å². The zero-order valence-corrected chi connectivity index (χ0v) is 12.3. The fourth-order valence-corrected chi connectivity index (χ4v) is 2.08. The second kappa shape index (κ2) is 6.26. The number of carbonyl (C=O) groups is 2. The van der Waals surface area contributed by atoms with Crippen LogP contribution >= 0.6 is 0 Å². The summed E-state index contributed by atoms with van der Waals surface area (Å²) in [7, 11) is 0. The molecule has 0 atom stereocenters. The lowest BCUT2D eigenvalue weighted by Gasteiger charge is -2.10. The van der Waals surface area contributed by atoms with E-state index in [2.05, 4.69) is 5.32 Å². The maximum atomic E-state index is 12.0. The van der Waals surface area contributed by atoms with Crippen LogP contribution in [0.1, 0.15) is 21.5 Å². The van der Waals surface area contributed by atoms with Crippen LogP contribution in [0.15, 0.2) is 41.3 Å². The number of benzene rings is 1. The molecule has 1 heterocycles. The SMILES string of the molecule is Cc1ccc(NC(=O)Cn2cc(C(=O)O)ccc2=O)c(C)c1. The van der Waals surface area contributed by atoms with E-state index in [1.807, 2.05) is 26.0 Å². The average molecular weight is 300 g/mol. The van der Waals surface area contributed by atoms with E-state index in [1.165, 1.54) is 6.07 Å². The van der Waals surface area contributed by atoms with E-state index in [4.69, 9.17) is 5.11 Å². The largest absolute Gasteiger partial charge is 0.478 e. The molecule has 0 aliphatic rings. The predicted octanol–water partition coefficient (Wildman–Crippen LogP) is 1.80. The molecule has 0 radical (unpaired) electrons. The van der Waals surface area contributed by atoms with Gasteiger partial charge in [0.25, 0.3) is 5.56 Å². The molecule has 1 aromatic carbocycles. The number of nitrogens with one attached hydrogen (secondary N) is 1. The normalized spacial score (nSPS) is 10.3. The first-order chi connectivity index (χ1) is 10.4. The van der Waals surface area contributed by atoms with E-state index in [1.54, 1.807) is 6.07 Å². The third-order valence-corrected chi connectivity index (χ3v) is 3.20. The number of rotatable bonds is 4. The van der Waals surface area contributed by atoms with Crippen LogP contribution < -0.4 is 10.9 Å². The van der Waals surface area contributed by atoms with Crippen molar-refractivity contribution < 1.29 is 14.7 Å².